The number of hydrogen-bond acceptors (Lipinski definition) is 6. The Balaban J connectivity index is 1.74. The molecule has 1 aromatic heterocycles. The van der Waals surface area contributed by atoms with Crippen molar-refractivity contribution in [3.8, 4) is 0 Å². The van der Waals surface area contributed by atoms with E-state index in [-0.39, 0.29) is 24.4 Å². The lowest BCUT2D eigenvalue weighted by atomic mass is 10.1. The maximum atomic E-state index is 13.7. The van der Waals surface area contributed by atoms with Crippen molar-refractivity contribution in [2.24, 2.45) is 0 Å². The molecule has 1 amide bonds. The molecule has 1 aliphatic heterocycles. The number of amides is 1. The first kappa shape index (κ1) is 22.7. The summed E-state index contributed by atoms with van der Waals surface area (Å²) in [5, 5.41) is 13.6. The minimum Gasteiger partial charge on any atom is -0.480 e. The number of hydrogen-bond donors (Lipinski definition) is 1. The van der Waals surface area contributed by atoms with Crippen molar-refractivity contribution in [2.45, 2.75) is 36.9 Å². The first-order valence-electron chi connectivity index (χ1n) is 9.81. The van der Waals surface area contributed by atoms with E-state index in [1.807, 2.05) is 0 Å². The molecule has 2 atom stereocenters. The number of rotatable bonds is 7. The average Bonchev–Trinajstić information content (AvgIpc) is 3.40. The fraction of sp³-hybridized carbons (Fsp3) is 0.286. The van der Waals surface area contributed by atoms with Gasteiger partial charge in [0, 0.05) is 23.1 Å². The van der Waals surface area contributed by atoms with Crippen LogP contribution in [0.5, 0.6) is 0 Å². The number of aromatic nitrogens is 1. The smallest absolute Gasteiger partial charge is 0.326 e. The number of aliphatic carboxylic acids is 1. The molecule has 11 heteroatoms. The summed E-state index contributed by atoms with van der Waals surface area (Å²) in [5.41, 5.74) is 0. The van der Waals surface area contributed by atoms with Gasteiger partial charge in [0.05, 0.1) is 11.4 Å². The van der Waals surface area contributed by atoms with Crippen LogP contribution in [0.3, 0.4) is 0 Å². The highest BCUT2D eigenvalue weighted by molar-refractivity contribution is 7.89. The van der Waals surface area contributed by atoms with Crippen molar-refractivity contribution in [1.29, 1.82) is 0 Å². The molecule has 3 aromatic rings. The van der Waals surface area contributed by atoms with Crippen LogP contribution in [0.15, 0.2) is 52.9 Å². The lowest BCUT2D eigenvalue weighted by Gasteiger charge is -2.27. The minimum absolute atomic E-state index is 0.0430. The molecule has 4 rings (SSSR count). The molecule has 1 aliphatic rings. The summed E-state index contributed by atoms with van der Waals surface area (Å²) in [6.07, 6.45) is 1.77. The third kappa shape index (κ3) is 4.23. The molecule has 1 saturated heterocycles. The van der Waals surface area contributed by atoms with Crippen LogP contribution in [0.4, 0.5) is 0 Å². The van der Waals surface area contributed by atoms with Gasteiger partial charge in [-0.15, -0.1) is 11.3 Å². The van der Waals surface area contributed by atoms with Gasteiger partial charge >= 0.3 is 5.97 Å². The molecule has 2 unspecified atom stereocenters. The van der Waals surface area contributed by atoms with Crippen LogP contribution in [0.1, 0.15) is 18.4 Å². The Bertz CT molecular complexity index is 1280. The number of fused-ring (bicyclic) bond motifs is 1. The topological polar surface area (TPSA) is 108 Å². The fourth-order valence-corrected chi connectivity index (χ4v) is 6.27. The van der Waals surface area contributed by atoms with Gasteiger partial charge in [-0.05, 0) is 48.4 Å². The summed E-state index contributed by atoms with van der Waals surface area (Å²) in [6, 6.07) is 7.82. The Kier molecular flexibility index (Phi) is 6.22. The zero-order valence-corrected chi connectivity index (χ0v) is 19.4. The number of benzene rings is 2. The Morgan fingerprint density at radius 3 is 2.72 bits per heavy atom. The summed E-state index contributed by atoms with van der Waals surface area (Å²) in [5.74, 6) is -1.66. The van der Waals surface area contributed by atoms with E-state index in [9.17, 15) is 23.1 Å². The van der Waals surface area contributed by atoms with Crippen molar-refractivity contribution >= 4 is 55.6 Å². The maximum absolute atomic E-state index is 13.7. The van der Waals surface area contributed by atoms with E-state index >= 15 is 0 Å². The van der Waals surface area contributed by atoms with Crippen LogP contribution < -0.4 is 0 Å². The number of nitrogens with zero attached hydrogens (tertiary/aromatic N) is 3. The maximum Gasteiger partial charge on any atom is 0.326 e. The van der Waals surface area contributed by atoms with Gasteiger partial charge in [0.1, 0.15) is 17.1 Å². The first-order chi connectivity index (χ1) is 15.2. The normalized spacial score (nSPS) is 17.9. The zero-order chi connectivity index (χ0) is 23.0. The molecule has 32 heavy (non-hydrogen) atoms. The molecule has 0 saturated carbocycles. The van der Waals surface area contributed by atoms with Crippen molar-refractivity contribution in [3.63, 3.8) is 0 Å². The molecule has 1 fully saturated rings. The molecule has 0 spiro atoms. The molecule has 0 aliphatic carbocycles. The highest BCUT2D eigenvalue weighted by Gasteiger charge is 2.44. The van der Waals surface area contributed by atoms with E-state index in [0.717, 1.165) is 9.69 Å². The minimum atomic E-state index is -4.09. The SMILES string of the molecule is CC(C(=O)O)N1CCC(N(Cc2nccs2)S(=O)(=O)c2ccc3cc(Cl)ccc3c2)C1=O. The highest BCUT2D eigenvalue weighted by Crippen LogP contribution is 2.30. The van der Waals surface area contributed by atoms with Crippen LogP contribution in [0, 0.1) is 0 Å². The van der Waals surface area contributed by atoms with E-state index in [1.165, 1.54) is 29.2 Å². The number of carboxylic acids is 1. The third-order valence-corrected chi connectivity index (χ3v) is 8.39. The van der Waals surface area contributed by atoms with Gasteiger partial charge in [-0.3, -0.25) is 4.79 Å². The average molecular weight is 494 g/mol. The van der Waals surface area contributed by atoms with Crippen molar-refractivity contribution in [1.82, 2.24) is 14.2 Å². The predicted molar refractivity (Wildman–Crippen MR) is 121 cm³/mol. The number of carbonyl (C=O) groups is 2. The van der Waals surface area contributed by atoms with Crippen LogP contribution in [-0.2, 0) is 26.2 Å². The van der Waals surface area contributed by atoms with E-state index in [1.54, 1.807) is 41.9 Å². The Labute approximate surface area is 194 Å². The van der Waals surface area contributed by atoms with Gasteiger partial charge in [0.15, 0.2) is 0 Å². The molecule has 0 bridgehead atoms. The molecule has 1 N–H and O–H groups in total. The number of likely N-dealkylation sites (tertiary alicyclic amines) is 1. The van der Waals surface area contributed by atoms with Gasteiger partial charge in [-0.1, -0.05) is 23.7 Å². The summed E-state index contributed by atoms with van der Waals surface area (Å²) >= 11 is 7.31. The summed E-state index contributed by atoms with van der Waals surface area (Å²) in [4.78, 5) is 29.9. The van der Waals surface area contributed by atoms with Crippen molar-refractivity contribution in [3.05, 3.63) is 58.0 Å². The Hall–Kier alpha value is -2.53. The quantitative estimate of drug-likeness (QED) is 0.541. The second-order valence-corrected chi connectivity index (χ2v) is 10.8. The standard InChI is InChI=1S/C21H20ClN3O5S2/c1-13(21(27)28)24-8-6-18(20(24)26)25(12-19-23-7-9-31-19)32(29,30)17-5-3-14-10-16(22)4-2-15(14)11-17/h2-5,7,9-11,13,18H,6,8,12H2,1H3,(H,27,28). The highest BCUT2D eigenvalue weighted by atomic mass is 35.5. The summed E-state index contributed by atoms with van der Waals surface area (Å²) in [6.45, 7) is 1.50. The number of sulfonamides is 1. The summed E-state index contributed by atoms with van der Waals surface area (Å²) in [7, 11) is -4.09. The molecule has 2 aromatic carbocycles. The lowest BCUT2D eigenvalue weighted by Crippen LogP contribution is -2.47. The van der Waals surface area contributed by atoms with Gasteiger partial charge in [-0.2, -0.15) is 4.31 Å². The second-order valence-electron chi connectivity index (χ2n) is 7.48. The Morgan fingerprint density at radius 1 is 1.31 bits per heavy atom. The third-order valence-electron chi connectivity index (χ3n) is 5.54. The van der Waals surface area contributed by atoms with Crippen LogP contribution in [-0.4, -0.2) is 58.2 Å². The predicted octanol–water partition coefficient (Wildman–Crippen LogP) is 3.21. The van der Waals surface area contributed by atoms with Crippen molar-refractivity contribution in [2.75, 3.05) is 6.54 Å². The summed E-state index contributed by atoms with van der Waals surface area (Å²) < 4.78 is 28.5. The lowest BCUT2D eigenvalue weighted by molar-refractivity contribution is -0.148. The van der Waals surface area contributed by atoms with Crippen LogP contribution in [0.25, 0.3) is 10.8 Å². The second kappa shape index (κ2) is 8.78. The van der Waals surface area contributed by atoms with E-state index in [2.05, 4.69) is 4.98 Å². The van der Waals surface area contributed by atoms with E-state index in [0.29, 0.717) is 15.4 Å². The number of carboxylic acid groups (broad SMARTS) is 1. The molecule has 2 heterocycles. The van der Waals surface area contributed by atoms with E-state index in [4.69, 9.17) is 11.6 Å². The number of halogens is 1. The first-order valence-corrected chi connectivity index (χ1v) is 12.5. The van der Waals surface area contributed by atoms with Crippen LogP contribution in [0.2, 0.25) is 5.02 Å². The largest absolute Gasteiger partial charge is 0.480 e. The molecule has 168 valence electrons. The van der Waals surface area contributed by atoms with Crippen LogP contribution >= 0.6 is 22.9 Å². The molecule has 0 radical (unpaired) electrons. The van der Waals surface area contributed by atoms with Gasteiger partial charge in [0.25, 0.3) is 0 Å². The number of carbonyl (C=O) groups excluding carboxylic acids is 1. The monoisotopic (exact) mass is 493 g/mol. The molecular weight excluding hydrogens is 474 g/mol. The van der Waals surface area contributed by atoms with E-state index < -0.39 is 34.0 Å². The van der Waals surface area contributed by atoms with Crippen molar-refractivity contribution < 1.29 is 23.1 Å². The molecular formula is C21H20ClN3O5S2. The zero-order valence-electron chi connectivity index (χ0n) is 17.0. The Morgan fingerprint density at radius 2 is 2.03 bits per heavy atom. The number of thiazole rings is 1. The van der Waals surface area contributed by atoms with Gasteiger partial charge < -0.3 is 10.0 Å². The van der Waals surface area contributed by atoms with Gasteiger partial charge in [0.2, 0.25) is 15.9 Å². The fourth-order valence-electron chi connectivity index (χ4n) is 3.79. The van der Waals surface area contributed by atoms with Gasteiger partial charge in [-0.25, -0.2) is 18.2 Å². The molecule has 8 nitrogen and oxygen atoms in total.